The molecule has 3 rings (SSSR count). The van der Waals surface area contributed by atoms with Crippen molar-refractivity contribution in [2.45, 2.75) is 6.10 Å². The molecule has 0 aliphatic carbocycles. The van der Waals surface area contributed by atoms with Crippen LogP contribution in [0.3, 0.4) is 0 Å². The first kappa shape index (κ1) is 24.8. The summed E-state index contributed by atoms with van der Waals surface area (Å²) in [6.45, 7) is 3.37. The summed E-state index contributed by atoms with van der Waals surface area (Å²) >= 11 is 3.01. The number of benzene rings is 1. The highest BCUT2D eigenvalue weighted by Gasteiger charge is 2.21. The Bertz CT molecular complexity index is 715. The van der Waals surface area contributed by atoms with Crippen LogP contribution in [0.2, 0.25) is 0 Å². The van der Waals surface area contributed by atoms with E-state index in [4.69, 9.17) is 4.74 Å². The summed E-state index contributed by atoms with van der Waals surface area (Å²) in [6, 6.07) is 8.06. The van der Waals surface area contributed by atoms with Crippen LogP contribution in [0.4, 0.5) is 14.6 Å². The number of rotatable bonds is 6. The van der Waals surface area contributed by atoms with Crippen molar-refractivity contribution < 1.29 is 43.4 Å². The van der Waals surface area contributed by atoms with Crippen LogP contribution in [0.15, 0.2) is 41.0 Å². The molecule has 28 heavy (non-hydrogen) atoms. The molecule has 1 saturated heterocycles. The molecule has 2 aromatic rings. The molecular weight excluding hydrogens is 479 g/mol. The zero-order chi connectivity index (χ0) is 18.5. The minimum atomic E-state index is -0.834. The van der Waals surface area contributed by atoms with E-state index in [1.807, 2.05) is 18.2 Å². The normalized spacial score (nSPS) is 15.4. The molecule has 1 unspecified atom stereocenters. The summed E-state index contributed by atoms with van der Waals surface area (Å²) in [4.78, 5) is 8.62. The minimum Gasteiger partial charge on any atom is -1.00 e. The zero-order valence-electron chi connectivity index (χ0n) is 14.9. The van der Waals surface area contributed by atoms with Crippen molar-refractivity contribution in [2.75, 3.05) is 44.2 Å². The molecular formula is C18H20BrCl2F2N3O2-2. The van der Waals surface area contributed by atoms with Crippen LogP contribution in [0.5, 0.6) is 5.75 Å². The smallest absolute Gasteiger partial charge is 0.190 e. The lowest BCUT2D eigenvalue weighted by Gasteiger charge is -2.36. The number of β-amino-alcohol motifs (C(OH)–C–C–N with tert-alkyl or cyclic N) is 1. The van der Waals surface area contributed by atoms with Crippen LogP contribution in [0.1, 0.15) is 0 Å². The predicted molar refractivity (Wildman–Crippen MR) is 98.4 cm³/mol. The number of aliphatic hydroxyl groups excluding tert-OH is 1. The molecule has 156 valence electrons. The molecule has 1 aromatic heterocycles. The van der Waals surface area contributed by atoms with Crippen molar-refractivity contribution in [1.29, 1.82) is 0 Å². The summed E-state index contributed by atoms with van der Waals surface area (Å²) in [7, 11) is 0. The van der Waals surface area contributed by atoms with Crippen molar-refractivity contribution in [2.24, 2.45) is 0 Å². The highest BCUT2D eigenvalue weighted by Crippen LogP contribution is 2.26. The average Bonchev–Trinajstić information content (AvgIpc) is 2.62. The summed E-state index contributed by atoms with van der Waals surface area (Å²) in [6.07, 6.45) is 0.933. The van der Waals surface area contributed by atoms with E-state index in [0.717, 1.165) is 44.1 Å². The van der Waals surface area contributed by atoms with E-state index in [0.29, 0.717) is 11.0 Å². The Kier molecular flexibility index (Phi) is 10.4. The molecule has 0 amide bonds. The largest absolute Gasteiger partial charge is 1.00 e. The Morgan fingerprint density at radius 1 is 1.11 bits per heavy atom. The van der Waals surface area contributed by atoms with E-state index >= 15 is 0 Å². The molecule has 0 bridgehead atoms. The van der Waals surface area contributed by atoms with E-state index in [1.54, 1.807) is 6.20 Å². The Morgan fingerprint density at radius 3 is 2.32 bits per heavy atom. The number of hydrogen-bond acceptors (Lipinski definition) is 5. The van der Waals surface area contributed by atoms with Crippen molar-refractivity contribution in [1.82, 2.24) is 9.88 Å². The fraction of sp³-hybridized carbons (Fsp3) is 0.389. The van der Waals surface area contributed by atoms with Crippen LogP contribution < -0.4 is 34.5 Å². The van der Waals surface area contributed by atoms with Gasteiger partial charge in [0.05, 0.1) is 0 Å². The minimum absolute atomic E-state index is 0. The number of aliphatic hydroxyl groups is 1. The van der Waals surface area contributed by atoms with Gasteiger partial charge in [-0.05, 0) is 24.3 Å². The SMILES string of the molecule is OC(COc1c(F)cc(Br)cc1F)CN1CCN(c2ccccn2)CC1.[Cl-].[Cl-]. The molecule has 1 aromatic carbocycles. The maximum atomic E-state index is 13.7. The zero-order valence-corrected chi connectivity index (χ0v) is 18.0. The van der Waals surface area contributed by atoms with Gasteiger partial charge in [0.2, 0.25) is 0 Å². The summed E-state index contributed by atoms with van der Waals surface area (Å²) in [5.74, 6) is -1.12. The summed E-state index contributed by atoms with van der Waals surface area (Å²) in [5.41, 5.74) is 0. The van der Waals surface area contributed by atoms with E-state index in [-0.39, 0.29) is 31.4 Å². The summed E-state index contributed by atoms with van der Waals surface area (Å²) in [5, 5.41) is 10.1. The second-order valence-corrected chi connectivity index (χ2v) is 7.05. The van der Waals surface area contributed by atoms with Gasteiger partial charge in [-0.3, -0.25) is 4.90 Å². The number of pyridine rings is 1. The highest BCUT2D eigenvalue weighted by molar-refractivity contribution is 9.10. The second-order valence-electron chi connectivity index (χ2n) is 6.14. The predicted octanol–water partition coefficient (Wildman–Crippen LogP) is -3.31. The lowest BCUT2D eigenvalue weighted by molar-refractivity contribution is -0.00100. The molecule has 1 aliphatic heterocycles. The molecule has 1 atom stereocenters. The van der Waals surface area contributed by atoms with E-state index in [1.165, 1.54) is 0 Å². The van der Waals surface area contributed by atoms with Gasteiger partial charge in [-0.2, -0.15) is 0 Å². The number of hydrogen-bond donors (Lipinski definition) is 1. The monoisotopic (exact) mass is 497 g/mol. The Balaban J connectivity index is 0.00000196. The van der Waals surface area contributed by atoms with Crippen LogP contribution >= 0.6 is 15.9 Å². The van der Waals surface area contributed by atoms with Crippen LogP contribution in [-0.4, -0.2) is 60.4 Å². The molecule has 0 saturated carbocycles. The fourth-order valence-corrected chi connectivity index (χ4v) is 3.30. The second kappa shape index (κ2) is 11.7. The van der Waals surface area contributed by atoms with Crippen LogP contribution in [0, 0.1) is 11.6 Å². The number of ether oxygens (including phenoxy) is 1. The van der Waals surface area contributed by atoms with Crippen molar-refractivity contribution in [3.63, 3.8) is 0 Å². The molecule has 1 fully saturated rings. The van der Waals surface area contributed by atoms with E-state index in [2.05, 4.69) is 30.7 Å². The number of aromatic nitrogens is 1. The first-order valence-electron chi connectivity index (χ1n) is 8.36. The van der Waals surface area contributed by atoms with Crippen molar-refractivity contribution >= 4 is 21.7 Å². The van der Waals surface area contributed by atoms with Crippen molar-refractivity contribution in [3.05, 3.63) is 52.6 Å². The third kappa shape index (κ3) is 6.70. The average molecular weight is 499 g/mol. The molecule has 5 nitrogen and oxygen atoms in total. The van der Waals surface area contributed by atoms with Gasteiger partial charge in [-0.25, -0.2) is 13.8 Å². The Hall–Kier alpha value is -1.19. The first-order chi connectivity index (χ1) is 12.5. The molecule has 0 spiro atoms. The standard InChI is InChI=1S/C18H20BrF2N3O2.2ClH/c19-13-9-15(20)18(16(21)10-13)26-12-14(25)11-23-5-7-24(8-6-23)17-3-1-2-4-22-17;;/h1-4,9-10,14,25H,5-8,11-12H2;2*1H/p-2. The summed E-state index contributed by atoms with van der Waals surface area (Å²) < 4.78 is 32.9. The van der Waals surface area contributed by atoms with Crippen LogP contribution in [0.25, 0.3) is 0 Å². The van der Waals surface area contributed by atoms with E-state index in [9.17, 15) is 13.9 Å². The van der Waals surface area contributed by atoms with Crippen molar-refractivity contribution in [3.8, 4) is 5.75 Å². The van der Waals surface area contributed by atoms with Gasteiger partial charge in [0, 0.05) is 43.4 Å². The number of piperazine rings is 1. The number of halogens is 5. The molecule has 2 heterocycles. The lowest BCUT2D eigenvalue weighted by atomic mass is 10.2. The highest BCUT2D eigenvalue weighted by atomic mass is 79.9. The van der Waals surface area contributed by atoms with Gasteiger partial charge in [-0.15, -0.1) is 0 Å². The van der Waals surface area contributed by atoms with Crippen LogP contribution in [-0.2, 0) is 0 Å². The number of nitrogens with zero attached hydrogens (tertiary/aromatic N) is 3. The molecule has 1 N–H and O–H groups in total. The number of anilines is 1. The van der Waals surface area contributed by atoms with Gasteiger partial charge in [0.25, 0.3) is 0 Å². The first-order valence-corrected chi connectivity index (χ1v) is 9.16. The lowest BCUT2D eigenvalue weighted by Crippen LogP contribution is -3.00. The molecule has 10 heteroatoms. The van der Waals surface area contributed by atoms with E-state index < -0.39 is 23.5 Å². The quantitative estimate of drug-likeness (QED) is 0.452. The van der Waals surface area contributed by atoms with Gasteiger partial charge >= 0.3 is 0 Å². The third-order valence-corrected chi connectivity index (χ3v) is 4.66. The van der Waals surface area contributed by atoms with Gasteiger partial charge < -0.3 is 39.6 Å². The van der Waals surface area contributed by atoms with Gasteiger partial charge in [0.1, 0.15) is 18.5 Å². The Labute approximate surface area is 183 Å². The third-order valence-electron chi connectivity index (χ3n) is 4.20. The van der Waals surface area contributed by atoms with Gasteiger partial charge in [-0.1, -0.05) is 22.0 Å². The fourth-order valence-electron chi connectivity index (χ4n) is 2.90. The Morgan fingerprint density at radius 2 is 1.75 bits per heavy atom. The maximum absolute atomic E-state index is 13.7. The topological polar surface area (TPSA) is 48.8 Å². The molecule has 0 radical (unpaired) electrons. The molecule has 1 aliphatic rings. The maximum Gasteiger partial charge on any atom is 0.190 e. The van der Waals surface area contributed by atoms with Gasteiger partial charge in [0.15, 0.2) is 17.4 Å².